The number of hydrogen-bond donors (Lipinski definition) is 0. The Morgan fingerprint density at radius 3 is 2.37 bits per heavy atom. The maximum atomic E-state index is 5.90. The molecule has 1 rings (SSSR count). The summed E-state index contributed by atoms with van der Waals surface area (Å²) in [7, 11) is 0. The molecule has 2 heteroatoms. The fraction of sp³-hybridized carbons (Fsp3) is 0.647. The highest BCUT2D eigenvalue weighted by atomic mass is 127. The number of rotatable bonds is 9. The van der Waals surface area contributed by atoms with Crippen molar-refractivity contribution in [3.63, 3.8) is 0 Å². The fourth-order valence-electron chi connectivity index (χ4n) is 2.27. The van der Waals surface area contributed by atoms with Crippen molar-refractivity contribution >= 4 is 34.2 Å². The molecule has 0 bridgehead atoms. The predicted molar refractivity (Wildman–Crippen MR) is 95.5 cm³/mol. The molecular weight excluding hydrogens is 367 g/mol. The Labute approximate surface area is 137 Å². The Bertz CT molecular complexity index is 334. The lowest BCUT2D eigenvalue weighted by atomic mass is 9.92. The summed E-state index contributed by atoms with van der Waals surface area (Å²) in [5.74, 6) is 1.80. The quantitative estimate of drug-likeness (QED) is 0.330. The highest BCUT2D eigenvalue weighted by molar-refractivity contribution is 14.1. The van der Waals surface area contributed by atoms with E-state index in [9.17, 15) is 0 Å². The van der Waals surface area contributed by atoms with E-state index in [1.807, 2.05) is 12.1 Å². The van der Waals surface area contributed by atoms with E-state index in [-0.39, 0.29) is 0 Å². The van der Waals surface area contributed by atoms with Crippen molar-refractivity contribution in [1.82, 2.24) is 0 Å². The second-order valence-electron chi connectivity index (χ2n) is 5.63. The fourth-order valence-corrected chi connectivity index (χ4v) is 3.28. The standard InChI is InChI=1S/C17H26ClI/c1-3-14(2)7-8-16(13-19)6-4-5-15-9-11-17(18)12-10-15/h9-12,14,16H,3-8,13H2,1-2H3. The number of aryl methyl sites for hydroxylation is 1. The predicted octanol–water partition coefficient (Wildman–Crippen LogP) is 6.54. The number of benzene rings is 1. The molecule has 1 aromatic carbocycles. The van der Waals surface area contributed by atoms with Crippen LogP contribution in [0.4, 0.5) is 0 Å². The summed E-state index contributed by atoms with van der Waals surface area (Å²) in [6.45, 7) is 4.67. The average Bonchev–Trinajstić information content (AvgIpc) is 2.44. The van der Waals surface area contributed by atoms with Crippen molar-refractivity contribution in [1.29, 1.82) is 0 Å². The van der Waals surface area contributed by atoms with Gasteiger partial charge in [0.1, 0.15) is 0 Å². The van der Waals surface area contributed by atoms with Crippen LogP contribution in [0.15, 0.2) is 24.3 Å². The van der Waals surface area contributed by atoms with E-state index in [0.717, 1.165) is 16.9 Å². The molecule has 19 heavy (non-hydrogen) atoms. The third-order valence-electron chi connectivity index (χ3n) is 3.97. The van der Waals surface area contributed by atoms with Gasteiger partial charge in [0.2, 0.25) is 0 Å². The summed E-state index contributed by atoms with van der Waals surface area (Å²) >= 11 is 8.45. The number of hydrogen-bond acceptors (Lipinski definition) is 0. The lowest BCUT2D eigenvalue weighted by Crippen LogP contribution is -2.05. The molecule has 0 aliphatic heterocycles. The molecule has 0 nitrogen and oxygen atoms in total. The van der Waals surface area contributed by atoms with E-state index in [4.69, 9.17) is 11.6 Å². The summed E-state index contributed by atoms with van der Waals surface area (Å²) in [5.41, 5.74) is 1.42. The van der Waals surface area contributed by atoms with E-state index < -0.39 is 0 Å². The minimum atomic E-state index is 0.836. The Hall–Kier alpha value is 0.240. The van der Waals surface area contributed by atoms with Gasteiger partial charge < -0.3 is 0 Å². The molecule has 2 atom stereocenters. The number of halogens is 2. The molecule has 0 N–H and O–H groups in total. The van der Waals surface area contributed by atoms with Gasteiger partial charge in [0.15, 0.2) is 0 Å². The largest absolute Gasteiger partial charge is 0.0861 e. The molecule has 108 valence electrons. The van der Waals surface area contributed by atoms with E-state index in [0.29, 0.717) is 0 Å². The Balaban J connectivity index is 2.23. The summed E-state index contributed by atoms with van der Waals surface area (Å²) in [4.78, 5) is 0. The third kappa shape index (κ3) is 7.55. The molecular formula is C17H26ClI. The molecule has 0 amide bonds. The molecule has 1 aromatic rings. The van der Waals surface area contributed by atoms with E-state index >= 15 is 0 Å². The van der Waals surface area contributed by atoms with Crippen LogP contribution in [0.2, 0.25) is 5.02 Å². The maximum absolute atomic E-state index is 5.90. The Morgan fingerprint density at radius 1 is 1.11 bits per heavy atom. The number of alkyl halides is 1. The van der Waals surface area contributed by atoms with Crippen molar-refractivity contribution in [3.05, 3.63) is 34.9 Å². The highest BCUT2D eigenvalue weighted by Gasteiger charge is 2.09. The molecule has 0 radical (unpaired) electrons. The summed E-state index contributed by atoms with van der Waals surface area (Å²) < 4.78 is 1.30. The van der Waals surface area contributed by atoms with Gasteiger partial charge in [-0.3, -0.25) is 0 Å². The van der Waals surface area contributed by atoms with Crippen molar-refractivity contribution in [2.24, 2.45) is 11.8 Å². The van der Waals surface area contributed by atoms with Gasteiger partial charge in [0.25, 0.3) is 0 Å². The normalized spacial score (nSPS) is 14.3. The van der Waals surface area contributed by atoms with Gasteiger partial charge >= 0.3 is 0 Å². The van der Waals surface area contributed by atoms with Gasteiger partial charge in [-0.2, -0.15) is 0 Å². The van der Waals surface area contributed by atoms with Gasteiger partial charge in [-0.05, 0) is 55.2 Å². The molecule has 0 fully saturated rings. The third-order valence-corrected chi connectivity index (χ3v) is 5.47. The Kier molecular flexibility index (Phi) is 9.14. The SMILES string of the molecule is CCC(C)CCC(CI)CCCc1ccc(Cl)cc1. The van der Waals surface area contributed by atoms with Gasteiger partial charge in [-0.25, -0.2) is 0 Å². The summed E-state index contributed by atoms with van der Waals surface area (Å²) in [6, 6.07) is 8.30. The van der Waals surface area contributed by atoms with Crippen molar-refractivity contribution in [3.8, 4) is 0 Å². The minimum Gasteiger partial charge on any atom is -0.0861 e. The topological polar surface area (TPSA) is 0 Å². The van der Waals surface area contributed by atoms with Crippen LogP contribution in [0.3, 0.4) is 0 Å². The van der Waals surface area contributed by atoms with Crippen LogP contribution in [-0.4, -0.2) is 4.43 Å². The molecule has 0 spiro atoms. The van der Waals surface area contributed by atoms with Crippen LogP contribution in [-0.2, 0) is 6.42 Å². The van der Waals surface area contributed by atoms with E-state index in [2.05, 4.69) is 48.6 Å². The van der Waals surface area contributed by atoms with Crippen molar-refractivity contribution in [2.75, 3.05) is 4.43 Å². The molecule has 0 aliphatic carbocycles. The smallest absolute Gasteiger partial charge is 0.0406 e. The van der Waals surface area contributed by atoms with Crippen LogP contribution in [0.1, 0.15) is 51.5 Å². The van der Waals surface area contributed by atoms with E-state index in [1.165, 1.54) is 48.5 Å². The zero-order chi connectivity index (χ0) is 14.1. The first-order chi connectivity index (χ1) is 9.15. The zero-order valence-corrected chi connectivity index (χ0v) is 15.1. The first kappa shape index (κ1) is 17.3. The minimum absolute atomic E-state index is 0.836. The maximum Gasteiger partial charge on any atom is 0.0406 e. The average molecular weight is 393 g/mol. The first-order valence-electron chi connectivity index (χ1n) is 7.46. The molecule has 0 saturated carbocycles. The van der Waals surface area contributed by atoms with Crippen LogP contribution in [0.25, 0.3) is 0 Å². The molecule has 0 heterocycles. The second kappa shape index (κ2) is 10.0. The molecule has 2 unspecified atom stereocenters. The molecule has 0 aliphatic rings. The second-order valence-corrected chi connectivity index (χ2v) is 6.95. The van der Waals surface area contributed by atoms with Gasteiger partial charge in [-0.15, -0.1) is 0 Å². The lowest BCUT2D eigenvalue weighted by molar-refractivity contribution is 0.407. The first-order valence-corrected chi connectivity index (χ1v) is 9.36. The molecule has 0 saturated heterocycles. The monoisotopic (exact) mass is 392 g/mol. The summed E-state index contributed by atoms with van der Waals surface area (Å²) in [6.07, 6.45) is 7.97. The molecule has 0 aromatic heterocycles. The van der Waals surface area contributed by atoms with Crippen LogP contribution < -0.4 is 0 Å². The highest BCUT2D eigenvalue weighted by Crippen LogP contribution is 2.22. The summed E-state index contributed by atoms with van der Waals surface area (Å²) in [5, 5.41) is 0.836. The van der Waals surface area contributed by atoms with Gasteiger partial charge in [0, 0.05) is 9.45 Å². The zero-order valence-electron chi connectivity index (χ0n) is 12.2. The van der Waals surface area contributed by atoms with E-state index in [1.54, 1.807) is 0 Å². The van der Waals surface area contributed by atoms with Crippen molar-refractivity contribution in [2.45, 2.75) is 52.4 Å². The van der Waals surface area contributed by atoms with Crippen LogP contribution in [0.5, 0.6) is 0 Å². The lowest BCUT2D eigenvalue weighted by Gasteiger charge is -2.16. The van der Waals surface area contributed by atoms with Gasteiger partial charge in [-0.1, -0.05) is 73.0 Å². The van der Waals surface area contributed by atoms with Crippen LogP contribution >= 0.6 is 34.2 Å². The van der Waals surface area contributed by atoms with Crippen LogP contribution in [0, 0.1) is 11.8 Å². The van der Waals surface area contributed by atoms with Crippen molar-refractivity contribution < 1.29 is 0 Å². The Morgan fingerprint density at radius 2 is 1.79 bits per heavy atom. The van der Waals surface area contributed by atoms with Gasteiger partial charge in [0.05, 0.1) is 0 Å².